The largest absolute Gasteiger partial charge is 0.462 e. The van der Waals surface area contributed by atoms with Gasteiger partial charge in [-0.2, -0.15) is 0 Å². The molecule has 0 saturated heterocycles. The summed E-state index contributed by atoms with van der Waals surface area (Å²) in [5, 5.41) is 0. The predicted molar refractivity (Wildman–Crippen MR) is 315 cm³/mol. The van der Waals surface area contributed by atoms with Gasteiger partial charge >= 0.3 is 17.9 Å². The zero-order valence-corrected chi connectivity index (χ0v) is 45.8. The van der Waals surface area contributed by atoms with Gasteiger partial charge in [-0.15, -0.1) is 0 Å². The van der Waals surface area contributed by atoms with Crippen LogP contribution >= 0.6 is 0 Å². The summed E-state index contributed by atoms with van der Waals surface area (Å²) in [6, 6.07) is 0. The van der Waals surface area contributed by atoms with Crippen LogP contribution in [-0.2, 0) is 28.6 Å². The SMILES string of the molecule is CC/C=C\C/C=C\C/C=C\C/C=C\C/C=C\C/C=C\CCC(=O)OC[C@H](COC(=O)CCCCC/C=C\C/C=C\C/C=C\C/C=C\C/C=C\CC)OC(=O)CCC/C=C\C/C=C\C/C=C\C/C=C\C/C=C\CC. The van der Waals surface area contributed by atoms with Gasteiger partial charge in [0.05, 0.1) is 0 Å². The molecule has 0 aromatic heterocycles. The van der Waals surface area contributed by atoms with Crippen LogP contribution in [0.3, 0.4) is 0 Å². The van der Waals surface area contributed by atoms with Crippen LogP contribution in [0.4, 0.5) is 0 Å². The van der Waals surface area contributed by atoms with Gasteiger partial charge in [0, 0.05) is 19.3 Å². The minimum absolute atomic E-state index is 0.153. The van der Waals surface area contributed by atoms with Crippen LogP contribution in [0.2, 0.25) is 0 Å². The van der Waals surface area contributed by atoms with Gasteiger partial charge in [0.1, 0.15) is 13.2 Å². The van der Waals surface area contributed by atoms with Crippen molar-refractivity contribution in [1.82, 2.24) is 0 Å². The summed E-state index contributed by atoms with van der Waals surface area (Å²) in [4.78, 5) is 38.1. The molecule has 73 heavy (non-hydrogen) atoms. The Bertz CT molecular complexity index is 1810. The molecule has 0 heterocycles. The highest BCUT2D eigenvalue weighted by Crippen LogP contribution is 2.09. The second-order valence-electron chi connectivity index (χ2n) is 17.3. The van der Waals surface area contributed by atoms with E-state index in [4.69, 9.17) is 14.2 Å². The lowest BCUT2D eigenvalue weighted by Crippen LogP contribution is -2.30. The third-order valence-electron chi connectivity index (χ3n) is 10.6. The fourth-order valence-electron chi connectivity index (χ4n) is 6.53. The second kappa shape index (κ2) is 58.8. The van der Waals surface area contributed by atoms with Crippen LogP contribution in [0.25, 0.3) is 0 Å². The number of allylic oxidation sites excluding steroid dienone is 32. The first-order valence-corrected chi connectivity index (χ1v) is 27.9. The number of hydrogen-bond acceptors (Lipinski definition) is 6. The van der Waals surface area contributed by atoms with Crippen molar-refractivity contribution >= 4 is 17.9 Å². The molecule has 0 aromatic rings. The molecule has 0 aliphatic carbocycles. The first kappa shape index (κ1) is 67.2. The molecule has 1 atom stereocenters. The van der Waals surface area contributed by atoms with Crippen LogP contribution < -0.4 is 0 Å². The molecule has 6 nitrogen and oxygen atoms in total. The molecule has 0 aliphatic rings. The maximum Gasteiger partial charge on any atom is 0.306 e. The highest BCUT2D eigenvalue weighted by atomic mass is 16.6. The molecular weight excluding hydrogens is 901 g/mol. The van der Waals surface area contributed by atoms with Crippen LogP contribution in [0, 0.1) is 0 Å². The topological polar surface area (TPSA) is 78.9 Å². The summed E-state index contributed by atoms with van der Waals surface area (Å²) in [5.74, 6) is -1.14. The summed E-state index contributed by atoms with van der Waals surface area (Å²) in [7, 11) is 0. The lowest BCUT2D eigenvalue weighted by Gasteiger charge is -2.18. The van der Waals surface area contributed by atoms with Crippen molar-refractivity contribution in [1.29, 1.82) is 0 Å². The average molecular weight is 1000 g/mol. The third-order valence-corrected chi connectivity index (χ3v) is 10.6. The molecule has 0 unspecified atom stereocenters. The molecule has 0 aliphatic heterocycles. The molecule has 402 valence electrons. The molecule has 0 spiro atoms. The quantitative estimate of drug-likeness (QED) is 0.0262. The van der Waals surface area contributed by atoms with Gasteiger partial charge in [0.25, 0.3) is 0 Å². The van der Waals surface area contributed by atoms with Gasteiger partial charge in [-0.3, -0.25) is 14.4 Å². The lowest BCUT2D eigenvalue weighted by molar-refractivity contribution is -0.166. The van der Waals surface area contributed by atoms with E-state index in [0.29, 0.717) is 19.3 Å². The van der Waals surface area contributed by atoms with Crippen molar-refractivity contribution in [2.75, 3.05) is 13.2 Å². The smallest absolute Gasteiger partial charge is 0.306 e. The second-order valence-corrected chi connectivity index (χ2v) is 17.3. The summed E-state index contributed by atoms with van der Waals surface area (Å²) >= 11 is 0. The van der Waals surface area contributed by atoms with E-state index in [2.05, 4.69) is 203 Å². The van der Waals surface area contributed by atoms with Crippen molar-refractivity contribution in [2.45, 2.75) is 194 Å². The van der Waals surface area contributed by atoms with E-state index < -0.39 is 18.0 Å². The molecule has 0 radical (unpaired) electrons. The van der Waals surface area contributed by atoms with E-state index in [-0.39, 0.29) is 38.4 Å². The van der Waals surface area contributed by atoms with Gasteiger partial charge in [0.15, 0.2) is 6.10 Å². The average Bonchev–Trinajstić information content (AvgIpc) is 3.39. The van der Waals surface area contributed by atoms with Crippen LogP contribution in [0.5, 0.6) is 0 Å². The van der Waals surface area contributed by atoms with E-state index in [1.807, 2.05) is 12.2 Å². The Morgan fingerprint density at radius 3 is 0.863 bits per heavy atom. The molecule has 0 saturated carbocycles. The standard InChI is InChI=1S/C67H98O6/c1-4-7-10-13-16-19-22-25-28-31-33-36-38-41-44-47-50-53-56-59-65(68)71-62-64(73-67(70)61-58-55-52-49-46-43-40-35-30-27-24-21-18-15-12-9-6-3)63-72-66(69)60-57-54-51-48-45-42-39-37-34-32-29-26-23-20-17-14-11-8-5-2/h7-12,16-21,25-30,33-34,36-37,40-45,49-50,52-53,64H,4-6,13-15,22-24,31-32,35,38-39,46-48,51,54-63H2,1-3H3/b10-7-,11-8-,12-9-,19-16-,20-17-,21-18-,28-25-,29-26-,30-27-,36-33-,37-34-,43-40-,44-41-,45-42-,52-49-,53-50-/t64-/m1/s1. The first-order valence-electron chi connectivity index (χ1n) is 27.9. The Kier molecular flexibility index (Phi) is 54.2. The highest BCUT2D eigenvalue weighted by Gasteiger charge is 2.19. The highest BCUT2D eigenvalue weighted by molar-refractivity contribution is 5.71. The molecule has 6 heteroatoms. The minimum Gasteiger partial charge on any atom is -0.462 e. The molecule has 0 N–H and O–H groups in total. The van der Waals surface area contributed by atoms with Gasteiger partial charge in [-0.1, -0.05) is 222 Å². The Labute approximate surface area is 446 Å². The monoisotopic (exact) mass is 999 g/mol. The minimum atomic E-state index is -0.865. The van der Waals surface area contributed by atoms with E-state index in [1.54, 1.807) is 0 Å². The summed E-state index contributed by atoms with van der Waals surface area (Å²) in [6.45, 7) is 6.12. The van der Waals surface area contributed by atoms with Crippen LogP contribution in [0.15, 0.2) is 194 Å². The number of hydrogen-bond donors (Lipinski definition) is 0. The molecular formula is C67H98O6. The zero-order valence-electron chi connectivity index (χ0n) is 45.8. The molecule has 0 amide bonds. The Balaban J connectivity index is 4.70. The summed E-state index contributed by atoms with van der Waals surface area (Å²) < 4.78 is 16.7. The van der Waals surface area contributed by atoms with Crippen molar-refractivity contribution in [3.63, 3.8) is 0 Å². The molecule has 0 aromatic carbocycles. The summed E-state index contributed by atoms with van der Waals surface area (Å²) in [5.41, 5.74) is 0. The number of ether oxygens (including phenoxy) is 3. The Morgan fingerprint density at radius 1 is 0.274 bits per heavy atom. The van der Waals surface area contributed by atoms with E-state index in [1.165, 1.54) is 0 Å². The maximum atomic E-state index is 12.8. The van der Waals surface area contributed by atoms with Gasteiger partial charge in [0.2, 0.25) is 0 Å². The first-order chi connectivity index (χ1) is 36.0. The van der Waals surface area contributed by atoms with Crippen molar-refractivity contribution < 1.29 is 28.6 Å². The van der Waals surface area contributed by atoms with Gasteiger partial charge in [-0.25, -0.2) is 0 Å². The fourth-order valence-corrected chi connectivity index (χ4v) is 6.53. The van der Waals surface area contributed by atoms with E-state index in [9.17, 15) is 14.4 Å². The van der Waals surface area contributed by atoms with E-state index in [0.717, 1.165) is 128 Å². The van der Waals surface area contributed by atoms with Gasteiger partial charge in [-0.05, 0) is 141 Å². The van der Waals surface area contributed by atoms with E-state index >= 15 is 0 Å². The number of carbonyl (C=O) groups excluding carboxylic acids is 3. The fraction of sp³-hybridized carbons (Fsp3) is 0.478. The van der Waals surface area contributed by atoms with Crippen molar-refractivity contribution in [3.05, 3.63) is 194 Å². The normalized spacial score (nSPS) is 13.6. The summed E-state index contributed by atoms with van der Waals surface area (Å²) in [6.07, 6.45) is 90.0. The number of rotatable bonds is 47. The number of esters is 3. The van der Waals surface area contributed by atoms with Crippen molar-refractivity contribution in [2.24, 2.45) is 0 Å². The number of carbonyl (C=O) groups is 3. The zero-order chi connectivity index (χ0) is 52.9. The van der Waals surface area contributed by atoms with Crippen LogP contribution in [0.1, 0.15) is 188 Å². The Hall–Kier alpha value is -5.75. The number of unbranched alkanes of at least 4 members (excludes halogenated alkanes) is 4. The van der Waals surface area contributed by atoms with Crippen molar-refractivity contribution in [3.8, 4) is 0 Å². The lowest BCUT2D eigenvalue weighted by atomic mass is 10.1. The predicted octanol–water partition coefficient (Wildman–Crippen LogP) is 19.1. The maximum absolute atomic E-state index is 12.8. The Morgan fingerprint density at radius 2 is 0.534 bits per heavy atom. The molecule has 0 rings (SSSR count). The third kappa shape index (κ3) is 57.0. The molecule has 0 bridgehead atoms. The van der Waals surface area contributed by atoms with Crippen LogP contribution in [-0.4, -0.2) is 37.2 Å². The van der Waals surface area contributed by atoms with Gasteiger partial charge < -0.3 is 14.2 Å². The molecule has 0 fully saturated rings.